The third-order valence-electron chi connectivity index (χ3n) is 13.5. The second kappa shape index (κ2) is 59.7. The molecule has 0 radical (unpaired) electrons. The van der Waals surface area contributed by atoms with E-state index in [0.717, 1.165) is 83.5 Å². The molecule has 0 amide bonds. The summed E-state index contributed by atoms with van der Waals surface area (Å²) in [5.74, 6) is -0.936. The van der Waals surface area contributed by atoms with Gasteiger partial charge in [-0.05, 0) is 83.5 Å². The first kappa shape index (κ1) is 68.1. The van der Waals surface area contributed by atoms with Crippen molar-refractivity contribution in [3.63, 3.8) is 0 Å². The molecule has 0 N–H and O–H groups in total. The molecule has 1 unspecified atom stereocenters. The van der Waals surface area contributed by atoms with E-state index in [9.17, 15) is 14.4 Å². The number of unbranched alkanes of at least 4 members (excludes halogenated alkanes) is 35. The van der Waals surface area contributed by atoms with Crippen LogP contribution in [-0.2, 0) is 28.6 Å². The van der Waals surface area contributed by atoms with Crippen LogP contribution in [0.2, 0.25) is 0 Å². The van der Waals surface area contributed by atoms with E-state index in [4.69, 9.17) is 14.2 Å². The average molecular weight is 994 g/mol. The maximum Gasteiger partial charge on any atom is 0.306 e. The smallest absolute Gasteiger partial charge is 0.306 e. The molecule has 0 aromatic carbocycles. The Morgan fingerprint density at radius 2 is 0.549 bits per heavy atom. The molecule has 0 heterocycles. The van der Waals surface area contributed by atoms with E-state index < -0.39 is 6.10 Å². The zero-order chi connectivity index (χ0) is 51.4. The fraction of sp³-hybridized carbons (Fsp3) is 0.800. The standard InChI is InChI=1S/C65H116O6/c1-4-7-10-13-15-17-19-21-23-24-25-26-27-28-29-30-31-32-33-34-35-36-37-38-39-40-42-43-45-47-49-52-55-58-64(67)70-61-62(60-69-63(66)57-54-51-12-9-6-3)71-65(68)59-56-53-50-48-46-44-41-22-20-18-16-14-11-8-5-2/h8,11,16,18,22,24-25,41,46,48,62H,4-7,9-10,12-15,17,19-21,23,26-40,42-45,47,49-61H2,1-3H3/b11-8-,18-16-,25-24-,41-22-,48-46-. The third-order valence-corrected chi connectivity index (χ3v) is 13.5. The molecule has 6 nitrogen and oxygen atoms in total. The summed E-state index contributed by atoms with van der Waals surface area (Å²) in [4.78, 5) is 37.7. The predicted molar refractivity (Wildman–Crippen MR) is 307 cm³/mol. The van der Waals surface area contributed by atoms with Gasteiger partial charge in [0, 0.05) is 19.3 Å². The van der Waals surface area contributed by atoms with Gasteiger partial charge in [-0.15, -0.1) is 0 Å². The van der Waals surface area contributed by atoms with Crippen molar-refractivity contribution >= 4 is 17.9 Å². The first-order chi connectivity index (χ1) is 35.0. The summed E-state index contributed by atoms with van der Waals surface area (Å²) in [6.45, 7) is 6.43. The Bertz CT molecular complexity index is 1280. The van der Waals surface area contributed by atoms with Crippen LogP contribution in [0.1, 0.15) is 316 Å². The maximum atomic E-state index is 12.7. The zero-order valence-corrected chi connectivity index (χ0v) is 47.2. The summed E-state index contributed by atoms with van der Waals surface area (Å²) in [5.41, 5.74) is 0. The maximum absolute atomic E-state index is 12.7. The summed E-state index contributed by atoms with van der Waals surface area (Å²) >= 11 is 0. The molecule has 1 atom stereocenters. The Morgan fingerprint density at radius 3 is 0.901 bits per heavy atom. The second-order valence-electron chi connectivity index (χ2n) is 20.6. The van der Waals surface area contributed by atoms with Crippen LogP contribution in [-0.4, -0.2) is 37.2 Å². The van der Waals surface area contributed by atoms with Crippen molar-refractivity contribution in [2.75, 3.05) is 13.2 Å². The van der Waals surface area contributed by atoms with Crippen LogP contribution in [0.4, 0.5) is 0 Å². The second-order valence-corrected chi connectivity index (χ2v) is 20.6. The lowest BCUT2D eigenvalue weighted by Crippen LogP contribution is -2.30. The summed E-state index contributed by atoms with van der Waals surface area (Å²) < 4.78 is 16.7. The molecule has 0 aliphatic heterocycles. The average Bonchev–Trinajstić information content (AvgIpc) is 3.37. The molecular weight excluding hydrogens is 877 g/mol. The van der Waals surface area contributed by atoms with Gasteiger partial charge < -0.3 is 14.2 Å². The van der Waals surface area contributed by atoms with E-state index in [-0.39, 0.29) is 37.5 Å². The van der Waals surface area contributed by atoms with Gasteiger partial charge in [0.15, 0.2) is 6.10 Å². The monoisotopic (exact) mass is 993 g/mol. The molecule has 0 aromatic rings. The van der Waals surface area contributed by atoms with Gasteiger partial charge in [0.25, 0.3) is 0 Å². The quantitative estimate of drug-likeness (QED) is 0.0261. The van der Waals surface area contributed by atoms with Gasteiger partial charge in [0.1, 0.15) is 13.2 Å². The molecule has 6 heteroatoms. The number of ether oxygens (including phenoxy) is 3. The van der Waals surface area contributed by atoms with Gasteiger partial charge in [-0.2, -0.15) is 0 Å². The molecule has 0 saturated carbocycles. The molecule has 71 heavy (non-hydrogen) atoms. The van der Waals surface area contributed by atoms with Gasteiger partial charge >= 0.3 is 17.9 Å². The SMILES string of the molecule is CC/C=C\C/C=C\C/C=C\C/C=C\CCCCC(=O)OC(COC(=O)CCCCCCC)COC(=O)CCCCCCCCCCCCCCCCCCCCCCC/C=C\CCCCCCCCCC. The number of allylic oxidation sites excluding steroid dienone is 10. The van der Waals surface area contributed by atoms with E-state index in [2.05, 4.69) is 81.5 Å². The molecule has 0 saturated heterocycles. The van der Waals surface area contributed by atoms with Crippen molar-refractivity contribution in [2.24, 2.45) is 0 Å². The highest BCUT2D eigenvalue weighted by atomic mass is 16.6. The van der Waals surface area contributed by atoms with Crippen LogP contribution in [0.3, 0.4) is 0 Å². The van der Waals surface area contributed by atoms with Crippen LogP contribution in [0.15, 0.2) is 60.8 Å². The highest BCUT2D eigenvalue weighted by molar-refractivity contribution is 5.71. The topological polar surface area (TPSA) is 78.9 Å². The van der Waals surface area contributed by atoms with E-state index >= 15 is 0 Å². The molecule has 0 bridgehead atoms. The summed E-state index contributed by atoms with van der Waals surface area (Å²) in [6, 6.07) is 0. The number of esters is 3. The molecule has 0 aliphatic carbocycles. The largest absolute Gasteiger partial charge is 0.462 e. The first-order valence-corrected chi connectivity index (χ1v) is 30.8. The number of hydrogen-bond acceptors (Lipinski definition) is 6. The van der Waals surface area contributed by atoms with Crippen LogP contribution in [0.5, 0.6) is 0 Å². The third kappa shape index (κ3) is 57.9. The predicted octanol–water partition coefficient (Wildman–Crippen LogP) is 20.8. The van der Waals surface area contributed by atoms with E-state index in [0.29, 0.717) is 19.3 Å². The highest BCUT2D eigenvalue weighted by Gasteiger charge is 2.19. The molecule has 412 valence electrons. The van der Waals surface area contributed by atoms with Crippen LogP contribution in [0.25, 0.3) is 0 Å². The van der Waals surface area contributed by atoms with Crippen molar-refractivity contribution in [2.45, 2.75) is 322 Å². The van der Waals surface area contributed by atoms with Gasteiger partial charge in [0.05, 0.1) is 0 Å². The number of carbonyl (C=O) groups excluding carboxylic acids is 3. The van der Waals surface area contributed by atoms with Crippen molar-refractivity contribution in [1.82, 2.24) is 0 Å². The fourth-order valence-corrected chi connectivity index (χ4v) is 8.90. The summed E-state index contributed by atoms with van der Waals surface area (Å²) in [6.07, 6.45) is 75.9. The highest BCUT2D eigenvalue weighted by Crippen LogP contribution is 2.17. The van der Waals surface area contributed by atoms with Crippen molar-refractivity contribution in [1.29, 1.82) is 0 Å². The molecule has 0 aliphatic rings. The van der Waals surface area contributed by atoms with Crippen LogP contribution >= 0.6 is 0 Å². The Balaban J connectivity index is 3.91. The van der Waals surface area contributed by atoms with Gasteiger partial charge in [-0.3, -0.25) is 14.4 Å². The van der Waals surface area contributed by atoms with Crippen molar-refractivity contribution in [3.8, 4) is 0 Å². The molecule has 0 fully saturated rings. The lowest BCUT2D eigenvalue weighted by atomic mass is 10.0. The Hall–Kier alpha value is -2.89. The lowest BCUT2D eigenvalue weighted by Gasteiger charge is -2.18. The molecule has 0 spiro atoms. The van der Waals surface area contributed by atoms with Gasteiger partial charge in [-0.1, -0.05) is 274 Å². The minimum atomic E-state index is -0.790. The molecular formula is C65H116O6. The Labute approximate surface area is 440 Å². The number of rotatable bonds is 56. The van der Waals surface area contributed by atoms with E-state index in [1.165, 1.54) is 186 Å². The Kier molecular flexibility index (Phi) is 57.2. The molecule has 0 aromatic heterocycles. The lowest BCUT2D eigenvalue weighted by molar-refractivity contribution is -0.167. The van der Waals surface area contributed by atoms with E-state index in [1.807, 2.05) is 0 Å². The van der Waals surface area contributed by atoms with Crippen molar-refractivity contribution < 1.29 is 28.6 Å². The first-order valence-electron chi connectivity index (χ1n) is 30.8. The van der Waals surface area contributed by atoms with Gasteiger partial charge in [0.2, 0.25) is 0 Å². The number of carbonyl (C=O) groups is 3. The zero-order valence-electron chi connectivity index (χ0n) is 47.2. The summed E-state index contributed by atoms with van der Waals surface area (Å²) in [7, 11) is 0. The van der Waals surface area contributed by atoms with Gasteiger partial charge in [-0.25, -0.2) is 0 Å². The normalized spacial score (nSPS) is 12.4. The summed E-state index contributed by atoms with van der Waals surface area (Å²) in [5, 5.41) is 0. The number of hydrogen-bond donors (Lipinski definition) is 0. The Morgan fingerprint density at radius 1 is 0.296 bits per heavy atom. The van der Waals surface area contributed by atoms with Crippen LogP contribution in [0, 0.1) is 0 Å². The van der Waals surface area contributed by atoms with Crippen LogP contribution < -0.4 is 0 Å². The van der Waals surface area contributed by atoms with E-state index in [1.54, 1.807) is 0 Å². The van der Waals surface area contributed by atoms with Crippen molar-refractivity contribution in [3.05, 3.63) is 60.8 Å². The minimum absolute atomic E-state index is 0.0887. The fourth-order valence-electron chi connectivity index (χ4n) is 8.90. The minimum Gasteiger partial charge on any atom is -0.462 e. The molecule has 0 rings (SSSR count).